The Kier molecular flexibility index (Phi) is 3.53. The van der Waals surface area contributed by atoms with Crippen LogP contribution in [0.3, 0.4) is 0 Å². The second-order valence-corrected chi connectivity index (χ2v) is 6.91. The summed E-state index contributed by atoms with van der Waals surface area (Å²) in [5.74, 6) is 0. The van der Waals surface area contributed by atoms with Crippen LogP contribution < -0.4 is 10.0 Å². The van der Waals surface area contributed by atoms with Crippen molar-refractivity contribution in [1.82, 2.24) is 14.6 Å². The van der Waals surface area contributed by atoms with E-state index in [1.807, 2.05) is 25.5 Å². The largest absolute Gasteiger partial charge is 0.352 e. The molecule has 2 rings (SSSR count). The van der Waals surface area contributed by atoms with Gasteiger partial charge in [-0.2, -0.15) is 0 Å². The maximum atomic E-state index is 12.2. The first kappa shape index (κ1) is 13.6. The van der Waals surface area contributed by atoms with E-state index in [-0.39, 0.29) is 5.54 Å². The van der Waals surface area contributed by atoms with Crippen molar-refractivity contribution in [1.29, 1.82) is 0 Å². The Morgan fingerprint density at radius 2 is 2.11 bits per heavy atom. The van der Waals surface area contributed by atoms with Gasteiger partial charge in [0.25, 0.3) is 0 Å². The van der Waals surface area contributed by atoms with Crippen molar-refractivity contribution in [2.24, 2.45) is 7.05 Å². The zero-order valence-electron chi connectivity index (χ0n) is 11.2. The molecule has 1 aliphatic rings. The summed E-state index contributed by atoms with van der Waals surface area (Å²) in [5.41, 5.74) is 0.745. The molecular weight excluding hydrogens is 250 g/mol. The highest BCUT2D eigenvalue weighted by atomic mass is 32.2. The van der Waals surface area contributed by atoms with Crippen molar-refractivity contribution in [3.05, 3.63) is 18.0 Å². The third-order valence-corrected chi connectivity index (χ3v) is 4.94. The number of hydrogen-bond donors (Lipinski definition) is 2. The Morgan fingerprint density at radius 3 is 2.67 bits per heavy atom. The molecule has 1 aromatic rings. The minimum absolute atomic E-state index is 0.226. The molecule has 6 heteroatoms. The van der Waals surface area contributed by atoms with Crippen molar-refractivity contribution < 1.29 is 8.42 Å². The Hall–Kier alpha value is -0.850. The zero-order valence-corrected chi connectivity index (χ0v) is 12.0. The lowest BCUT2D eigenvalue weighted by molar-refractivity contribution is 0.558. The van der Waals surface area contributed by atoms with Gasteiger partial charge in [0.15, 0.2) is 0 Å². The molecule has 0 radical (unpaired) electrons. The molecule has 18 heavy (non-hydrogen) atoms. The summed E-state index contributed by atoms with van der Waals surface area (Å²) >= 11 is 0. The van der Waals surface area contributed by atoms with Crippen molar-refractivity contribution >= 4 is 10.0 Å². The molecule has 1 aromatic heterocycles. The third kappa shape index (κ3) is 2.93. The summed E-state index contributed by atoms with van der Waals surface area (Å²) in [6.07, 6.45) is 3.51. The van der Waals surface area contributed by atoms with Gasteiger partial charge in [-0.3, -0.25) is 0 Å². The normalized spacial score (nSPS) is 17.9. The van der Waals surface area contributed by atoms with Gasteiger partial charge in [0.1, 0.15) is 0 Å². The Bertz CT molecular complexity index is 530. The van der Waals surface area contributed by atoms with E-state index in [1.165, 1.54) is 0 Å². The highest BCUT2D eigenvalue weighted by Crippen LogP contribution is 2.36. The van der Waals surface area contributed by atoms with Crippen molar-refractivity contribution in [2.75, 3.05) is 6.54 Å². The summed E-state index contributed by atoms with van der Waals surface area (Å²) < 4.78 is 29.0. The Labute approximate surface area is 109 Å². The molecule has 0 unspecified atom stereocenters. The molecule has 0 aliphatic heterocycles. The van der Waals surface area contributed by atoms with E-state index >= 15 is 0 Å². The molecule has 1 saturated carbocycles. The van der Waals surface area contributed by atoms with Crippen LogP contribution in [0.2, 0.25) is 0 Å². The van der Waals surface area contributed by atoms with Gasteiger partial charge in [-0.25, -0.2) is 13.1 Å². The zero-order chi connectivity index (χ0) is 13.4. The van der Waals surface area contributed by atoms with Crippen LogP contribution in [-0.4, -0.2) is 25.1 Å². The van der Waals surface area contributed by atoms with Crippen LogP contribution in [0.5, 0.6) is 0 Å². The molecule has 0 saturated heterocycles. The fraction of sp³-hybridized carbons (Fsp3) is 0.667. The van der Waals surface area contributed by atoms with Crippen molar-refractivity contribution in [2.45, 2.75) is 43.7 Å². The monoisotopic (exact) mass is 271 g/mol. The van der Waals surface area contributed by atoms with Crippen molar-refractivity contribution in [3.8, 4) is 0 Å². The molecule has 0 atom stereocenters. The van der Waals surface area contributed by atoms with Gasteiger partial charge < -0.3 is 9.88 Å². The summed E-state index contributed by atoms with van der Waals surface area (Å²) in [6.45, 7) is 5.51. The van der Waals surface area contributed by atoms with Gasteiger partial charge in [-0.05, 0) is 32.4 Å². The molecule has 102 valence electrons. The fourth-order valence-electron chi connectivity index (χ4n) is 1.83. The van der Waals surface area contributed by atoms with Gasteiger partial charge in [0.05, 0.1) is 4.90 Å². The molecule has 0 aromatic carbocycles. The van der Waals surface area contributed by atoms with Gasteiger partial charge in [0.2, 0.25) is 10.0 Å². The lowest BCUT2D eigenvalue weighted by Crippen LogP contribution is -2.34. The number of aromatic nitrogens is 1. The number of aryl methyl sites for hydroxylation is 1. The quantitative estimate of drug-likeness (QED) is 0.810. The van der Waals surface area contributed by atoms with E-state index in [1.54, 1.807) is 12.3 Å². The van der Waals surface area contributed by atoms with Crippen LogP contribution in [0.1, 0.15) is 32.4 Å². The van der Waals surface area contributed by atoms with E-state index in [0.29, 0.717) is 11.4 Å². The van der Waals surface area contributed by atoms with Crippen LogP contribution in [0, 0.1) is 0 Å². The SMILES string of the molecule is CCNCc1cc(S(=O)(=O)NC2(C)CC2)cn1C. The second-order valence-electron chi connectivity index (χ2n) is 5.22. The predicted octanol–water partition coefficient (Wildman–Crippen LogP) is 0.965. The first-order chi connectivity index (χ1) is 8.36. The molecule has 1 fully saturated rings. The molecule has 1 heterocycles. The van der Waals surface area contributed by atoms with Crippen LogP contribution in [-0.2, 0) is 23.6 Å². The Morgan fingerprint density at radius 1 is 1.44 bits per heavy atom. The molecule has 0 bridgehead atoms. The smallest absolute Gasteiger partial charge is 0.242 e. The standard InChI is InChI=1S/C12H21N3O2S/c1-4-13-8-10-7-11(9-15(10)3)18(16,17)14-12(2)5-6-12/h7,9,13-14H,4-6,8H2,1-3H3. The Balaban J connectivity index is 2.17. The lowest BCUT2D eigenvalue weighted by atomic mass is 10.4. The lowest BCUT2D eigenvalue weighted by Gasteiger charge is -2.10. The van der Waals surface area contributed by atoms with Gasteiger partial charge in [-0.1, -0.05) is 6.92 Å². The summed E-state index contributed by atoms with van der Waals surface area (Å²) in [5, 5.41) is 3.19. The van der Waals surface area contributed by atoms with Gasteiger partial charge in [-0.15, -0.1) is 0 Å². The van der Waals surface area contributed by atoms with Crippen molar-refractivity contribution in [3.63, 3.8) is 0 Å². The van der Waals surface area contributed by atoms with E-state index in [4.69, 9.17) is 0 Å². The first-order valence-corrected chi connectivity index (χ1v) is 7.74. The number of nitrogens with one attached hydrogen (secondary N) is 2. The number of rotatable bonds is 6. The molecule has 1 aliphatic carbocycles. The van der Waals surface area contributed by atoms with Gasteiger partial charge in [0, 0.05) is 31.0 Å². The fourth-order valence-corrected chi connectivity index (χ4v) is 3.38. The number of sulfonamides is 1. The summed E-state index contributed by atoms with van der Waals surface area (Å²) in [7, 11) is -1.52. The topological polar surface area (TPSA) is 63.1 Å². The second kappa shape index (κ2) is 4.68. The minimum Gasteiger partial charge on any atom is -0.352 e. The molecule has 5 nitrogen and oxygen atoms in total. The van der Waals surface area contributed by atoms with Crippen LogP contribution in [0.25, 0.3) is 0 Å². The van der Waals surface area contributed by atoms with E-state index < -0.39 is 10.0 Å². The maximum absolute atomic E-state index is 12.2. The summed E-state index contributed by atoms with van der Waals surface area (Å²) in [6, 6.07) is 1.73. The highest BCUT2D eigenvalue weighted by Gasteiger charge is 2.41. The molecule has 0 amide bonds. The van der Waals surface area contributed by atoms with Gasteiger partial charge >= 0.3 is 0 Å². The minimum atomic E-state index is -3.38. The maximum Gasteiger partial charge on any atom is 0.242 e. The van der Waals surface area contributed by atoms with Crippen LogP contribution in [0.15, 0.2) is 17.2 Å². The predicted molar refractivity (Wildman–Crippen MR) is 70.8 cm³/mol. The van der Waals surface area contributed by atoms with Crippen LogP contribution >= 0.6 is 0 Å². The van der Waals surface area contributed by atoms with E-state index in [9.17, 15) is 8.42 Å². The third-order valence-electron chi connectivity index (χ3n) is 3.33. The molecule has 0 spiro atoms. The summed E-state index contributed by atoms with van der Waals surface area (Å²) in [4.78, 5) is 0.353. The van der Waals surface area contributed by atoms with E-state index in [0.717, 1.165) is 25.1 Å². The van der Waals surface area contributed by atoms with E-state index in [2.05, 4.69) is 10.0 Å². The number of nitrogens with zero attached hydrogens (tertiary/aromatic N) is 1. The molecule has 2 N–H and O–H groups in total. The first-order valence-electron chi connectivity index (χ1n) is 6.26. The average Bonchev–Trinajstić information content (AvgIpc) is 2.86. The highest BCUT2D eigenvalue weighted by molar-refractivity contribution is 7.89. The number of hydrogen-bond acceptors (Lipinski definition) is 3. The molecular formula is C12H21N3O2S. The average molecular weight is 271 g/mol. The van der Waals surface area contributed by atoms with Crippen LogP contribution in [0.4, 0.5) is 0 Å².